The van der Waals surface area contributed by atoms with E-state index in [1.54, 1.807) is 0 Å². The molecule has 0 heterocycles. The summed E-state index contributed by atoms with van der Waals surface area (Å²) >= 11 is 0. The lowest BCUT2D eigenvalue weighted by Gasteiger charge is -2.13. The lowest BCUT2D eigenvalue weighted by molar-refractivity contribution is -0.142. The van der Waals surface area contributed by atoms with Gasteiger partial charge in [0.1, 0.15) is 17.5 Å². The van der Waals surface area contributed by atoms with Gasteiger partial charge in [0.15, 0.2) is 0 Å². The predicted octanol–water partition coefficient (Wildman–Crippen LogP) is 0.995. The minimum absolute atomic E-state index is 0. The van der Waals surface area contributed by atoms with Crippen LogP contribution in [-0.4, -0.2) is 25.3 Å². The zero-order chi connectivity index (χ0) is 11.4. The average Bonchev–Trinajstić information content (AvgIpc) is 2.26. The topological polar surface area (TPSA) is 81.8 Å². The minimum atomic E-state index is -0.912. The molecule has 0 aliphatic rings. The van der Waals surface area contributed by atoms with Crippen LogP contribution in [0.15, 0.2) is 18.2 Å². The molecule has 0 saturated carbocycles. The van der Waals surface area contributed by atoms with Gasteiger partial charge in [0.25, 0.3) is 0 Å². The molecule has 6 heteroatoms. The highest BCUT2D eigenvalue weighted by Crippen LogP contribution is 2.28. The van der Waals surface area contributed by atoms with Crippen LogP contribution in [-0.2, 0) is 9.53 Å². The molecule has 0 fully saturated rings. The van der Waals surface area contributed by atoms with Gasteiger partial charge in [0.2, 0.25) is 0 Å². The van der Waals surface area contributed by atoms with Crippen LogP contribution in [0.25, 0.3) is 0 Å². The van der Waals surface area contributed by atoms with E-state index in [2.05, 4.69) is 4.74 Å². The van der Waals surface area contributed by atoms with Gasteiger partial charge < -0.3 is 20.3 Å². The second-order valence-corrected chi connectivity index (χ2v) is 2.93. The van der Waals surface area contributed by atoms with Crippen LogP contribution in [0.1, 0.15) is 11.6 Å². The molecule has 0 unspecified atom stereocenters. The van der Waals surface area contributed by atoms with Crippen molar-refractivity contribution in [1.29, 1.82) is 0 Å². The van der Waals surface area contributed by atoms with Crippen molar-refractivity contribution < 1.29 is 19.4 Å². The van der Waals surface area contributed by atoms with Crippen molar-refractivity contribution in [1.82, 2.24) is 0 Å². The molecule has 3 N–H and O–H groups in total. The van der Waals surface area contributed by atoms with E-state index < -0.39 is 12.0 Å². The molecule has 1 aromatic rings. The summed E-state index contributed by atoms with van der Waals surface area (Å²) in [5.41, 5.74) is 6.11. The number of aromatic hydroxyl groups is 1. The van der Waals surface area contributed by atoms with Gasteiger partial charge >= 0.3 is 5.97 Å². The van der Waals surface area contributed by atoms with Crippen molar-refractivity contribution in [2.45, 2.75) is 6.04 Å². The van der Waals surface area contributed by atoms with E-state index in [1.165, 1.54) is 32.4 Å². The van der Waals surface area contributed by atoms with Gasteiger partial charge in [-0.15, -0.1) is 12.4 Å². The first-order chi connectivity index (χ1) is 7.10. The number of phenolic OH excluding ortho intramolecular Hbond substituents is 1. The van der Waals surface area contributed by atoms with Crippen molar-refractivity contribution in [2.75, 3.05) is 14.2 Å². The Balaban J connectivity index is 0.00000225. The molecule has 1 aromatic carbocycles. The van der Waals surface area contributed by atoms with Gasteiger partial charge in [-0.25, -0.2) is 0 Å². The molecule has 16 heavy (non-hydrogen) atoms. The Hall–Kier alpha value is -1.46. The van der Waals surface area contributed by atoms with E-state index in [-0.39, 0.29) is 18.2 Å². The Morgan fingerprint density at radius 2 is 2.06 bits per heavy atom. The van der Waals surface area contributed by atoms with Crippen molar-refractivity contribution in [3.05, 3.63) is 23.8 Å². The van der Waals surface area contributed by atoms with Gasteiger partial charge in [-0.1, -0.05) is 0 Å². The fraction of sp³-hybridized carbons (Fsp3) is 0.300. The SMILES string of the molecule is COC(=O)[C@H](N)c1ccc(O)cc1OC.Cl. The molecule has 90 valence electrons. The first-order valence-corrected chi connectivity index (χ1v) is 4.30. The predicted molar refractivity (Wildman–Crippen MR) is 60.9 cm³/mol. The van der Waals surface area contributed by atoms with Crippen molar-refractivity contribution in [3.63, 3.8) is 0 Å². The molecule has 0 saturated heterocycles. The van der Waals surface area contributed by atoms with Crippen LogP contribution in [0.5, 0.6) is 11.5 Å². The number of nitrogens with two attached hydrogens (primary N) is 1. The summed E-state index contributed by atoms with van der Waals surface area (Å²) in [5, 5.41) is 9.21. The molecule has 0 aliphatic heterocycles. The second kappa shape index (κ2) is 6.19. The van der Waals surface area contributed by atoms with Crippen molar-refractivity contribution >= 4 is 18.4 Å². The maximum atomic E-state index is 11.2. The van der Waals surface area contributed by atoms with Gasteiger partial charge in [-0.2, -0.15) is 0 Å². The number of methoxy groups -OCH3 is 2. The van der Waals surface area contributed by atoms with Crippen LogP contribution < -0.4 is 10.5 Å². The van der Waals surface area contributed by atoms with Gasteiger partial charge in [0, 0.05) is 11.6 Å². The van der Waals surface area contributed by atoms with E-state index in [9.17, 15) is 9.90 Å². The summed E-state index contributed by atoms with van der Waals surface area (Å²) in [4.78, 5) is 11.2. The number of halogens is 1. The summed E-state index contributed by atoms with van der Waals surface area (Å²) in [7, 11) is 2.69. The van der Waals surface area contributed by atoms with Crippen LogP contribution >= 0.6 is 12.4 Å². The lowest BCUT2D eigenvalue weighted by atomic mass is 10.1. The van der Waals surface area contributed by atoms with E-state index >= 15 is 0 Å². The Morgan fingerprint density at radius 1 is 1.44 bits per heavy atom. The maximum absolute atomic E-state index is 11.2. The van der Waals surface area contributed by atoms with Crippen LogP contribution in [0.2, 0.25) is 0 Å². The smallest absolute Gasteiger partial charge is 0.327 e. The third-order valence-corrected chi connectivity index (χ3v) is 2.01. The second-order valence-electron chi connectivity index (χ2n) is 2.93. The maximum Gasteiger partial charge on any atom is 0.327 e. The third-order valence-electron chi connectivity index (χ3n) is 2.01. The minimum Gasteiger partial charge on any atom is -0.508 e. The third kappa shape index (κ3) is 3.01. The number of carbonyl (C=O) groups is 1. The first-order valence-electron chi connectivity index (χ1n) is 4.30. The Morgan fingerprint density at radius 3 is 2.56 bits per heavy atom. The normalized spacial score (nSPS) is 11.2. The van der Waals surface area contributed by atoms with Gasteiger partial charge in [-0.3, -0.25) is 4.79 Å². The number of ether oxygens (including phenoxy) is 2. The van der Waals surface area contributed by atoms with E-state index in [0.717, 1.165) is 0 Å². The molecule has 0 amide bonds. The fourth-order valence-electron chi connectivity index (χ4n) is 1.21. The van der Waals surface area contributed by atoms with E-state index in [0.29, 0.717) is 11.3 Å². The highest BCUT2D eigenvalue weighted by Gasteiger charge is 2.20. The molecule has 0 aromatic heterocycles. The first kappa shape index (κ1) is 14.5. The molecule has 1 rings (SSSR count). The van der Waals surface area contributed by atoms with E-state index in [1.807, 2.05) is 0 Å². The van der Waals surface area contributed by atoms with E-state index in [4.69, 9.17) is 10.5 Å². The summed E-state index contributed by atoms with van der Waals surface area (Å²) in [5.74, 6) is -0.153. The molecule has 5 nitrogen and oxygen atoms in total. The zero-order valence-electron chi connectivity index (χ0n) is 8.97. The number of benzene rings is 1. The number of rotatable bonds is 3. The molecule has 0 spiro atoms. The molecule has 0 bridgehead atoms. The summed E-state index contributed by atoms with van der Waals surface area (Å²) in [6, 6.07) is 3.43. The van der Waals surface area contributed by atoms with Gasteiger partial charge in [0.05, 0.1) is 14.2 Å². The lowest BCUT2D eigenvalue weighted by Crippen LogP contribution is -2.23. The zero-order valence-corrected chi connectivity index (χ0v) is 9.78. The Labute approximate surface area is 99.6 Å². The number of esters is 1. The average molecular weight is 248 g/mol. The molecular weight excluding hydrogens is 234 g/mol. The standard InChI is InChI=1S/C10H13NO4.ClH/c1-14-8-5-6(12)3-4-7(8)9(11)10(13)15-2;/h3-5,9,12H,11H2,1-2H3;1H/t9-;/m1./s1. The van der Waals surface area contributed by atoms with Crippen molar-refractivity contribution in [3.8, 4) is 11.5 Å². The largest absolute Gasteiger partial charge is 0.508 e. The highest BCUT2D eigenvalue weighted by molar-refractivity contribution is 5.85. The number of hydrogen-bond donors (Lipinski definition) is 2. The fourth-order valence-corrected chi connectivity index (χ4v) is 1.21. The van der Waals surface area contributed by atoms with Crippen molar-refractivity contribution in [2.24, 2.45) is 5.73 Å². The summed E-state index contributed by atoms with van der Waals surface area (Å²) < 4.78 is 9.51. The number of phenols is 1. The number of carbonyl (C=O) groups excluding carboxylic acids is 1. The molecular formula is C10H14ClNO4. The summed E-state index contributed by atoms with van der Waals surface area (Å²) in [6.45, 7) is 0. The quantitative estimate of drug-likeness (QED) is 0.779. The van der Waals surface area contributed by atoms with Crippen LogP contribution in [0, 0.1) is 0 Å². The van der Waals surface area contributed by atoms with Crippen LogP contribution in [0.3, 0.4) is 0 Å². The molecule has 0 aliphatic carbocycles. The molecule has 0 radical (unpaired) electrons. The Bertz CT molecular complexity index is 370. The van der Waals surface area contributed by atoms with Gasteiger partial charge in [-0.05, 0) is 12.1 Å². The number of hydrogen-bond acceptors (Lipinski definition) is 5. The Kier molecular flexibility index (Phi) is 5.63. The molecule has 1 atom stereocenters. The monoisotopic (exact) mass is 247 g/mol. The van der Waals surface area contributed by atoms with Crippen LogP contribution in [0.4, 0.5) is 0 Å². The summed E-state index contributed by atoms with van der Waals surface area (Å²) in [6.07, 6.45) is 0. The highest BCUT2D eigenvalue weighted by atomic mass is 35.5.